The highest BCUT2D eigenvalue weighted by Gasteiger charge is 2.37. The maximum atomic E-state index is 11.8. The Labute approximate surface area is 94.5 Å². The molecular formula is C12H16N2O2. The molecule has 0 saturated heterocycles. The molecule has 1 saturated carbocycles. The molecule has 0 aliphatic heterocycles. The van der Waals surface area contributed by atoms with Crippen molar-refractivity contribution in [3.05, 3.63) is 23.8 Å². The lowest BCUT2D eigenvalue weighted by Gasteiger charge is -2.11. The van der Waals surface area contributed by atoms with Gasteiger partial charge in [0.2, 0.25) is 0 Å². The van der Waals surface area contributed by atoms with E-state index in [0.717, 1.165) is 12.8 Å². The van der Waals surface area contributed by atoms with Crippen LogP contribution in [0.4, 0.5) is 5.69 Å². The number of phenols is 1. The Morgan fingerprint density at radius 3 is 2.88 bits per heavy atom. The van der Waals surface area contributed by atoms with E-state index in [9.17, 15) is 9.90 Å². The van der Waals surface area contributed by atoms with Crippen LogP contribution in [0.1, 0.15) is 30.1 Å². The summed E-state index contributed by atoms with van der Waals surface area (Å²) in [7, 11) is 0. The number of aromatic hydroxyl groups is 1. The molecule has 4 N–H and O–H groups in total. The van der Waals surface area contributed by atoms with Crippen molar-refractivity contribution in [3.8, 4) is 5.75 Å². The number of carbonyl (C=O) groups excluding carboxylic acids is 1. The number of nitrogens with two attached hydrogens (primary N) is 1. The van der Waals surface area contributed by atoms with Gasteiger partial charge in [0.15, 0.2) is 0 Å². The molecule has 0 heterocycles. The zero-order chi connectivity index (χ0) is 11.8. The quantitative estimate of drug-likeness (QED) is 0.534. The zero-order valence-corrected chi connectivity index (χ0v) is 9.29. The third-order valence-corrected chi connectivity index (χ3v) is 3.06. The molecule has 2 rings (SSSR count). The van der Waals surface area contributed by atoms with E-state index in [-0.39, 0.29) is 17.1 Å². The van der Waals surface area contributed by atoms with Gasteiger partial charge in [0.05, 0.1) is 5.56 Å². The first-order valence-electron chi connectivity index (χ1n) is 5.37. The van der Waals surface area contributed by atoms with Crippen LogP contribution < -0.4 is 11.1 Å². The summed E-state index contributed by atoms with van der Waals surface area (Å²) in [5.41, 5.74) is 6.66. The van der Waals surface area contributed by atoms with E-state index >= 15 is 0 Å². The highest BCUT2D eigenvalue weighted by atomic mass is 16.3. The summed E-state index contributed by atoms with van der Waals surface area (Å²) >= 11 is 0. The molecule has 1 aromatic rings. The fourth-order valence-electron chi connectivity index (χ4n) is 1.52. The number of nitrogen functional groups attached to an aromatic ring is 1. The van der Waals surface area contributed by atoms with Gasteiger partial charge >= 0.3 is 0 Å². The molecule has 1 aliphatic carbocycles. The van der Waals surface area contributed by atoms with Gasteiger partial charge in [0, 0.05) is 12.2 Å². The monoisotopic (exact) mass is 220 g/mol. The molecule has 4 heteroatoms. The topological polar surface area (TPSA) is 75.3 Å². The third kappa shape index (κ3) is 2.27. The number of benzene rings is 1. The van der Waals surface area contributed by atoms with Crippen LogP contribution in [-0.4, -0.2) is 17.6 Å². The van der Waals surface area contributed by atoms with Crippen molar-refractivity contribution >= 4 is 11.6 Å². The van der Waals surface area contributed by atoms with E-state index in [2.05, 4.69) is 12.2 Å². The summed E-state index contributed by atoms with van der Waals surface area (Å²) in [6, 6.07) is 4.39. The number of anilines is 1. The second-order valence-electron chi connectivity index (χ2n) is 4.76. The summed E-state index contributed by atoms with van der Waals surface area (Å²) < 4.78 is 0. The summed E-state index contributed by atoms with van der Waals surface area (Å²) in [5.74, 6) is -0.168. The largest absolute Gasteiger partial charge is 0.508 e. The average Bonchev–Trinajstić information content (AvgIpc) is 2.97. The lowest BCUT2D eigenvalue weighted by molar-refractivity contribution is 0.0946. The van der Waals surface area contributed by atoms with Crippen LogP contribution in [0.2, 0.25) is 0 Å². The van der Waals surface area contributed by atoms with Crippen LogP contribution in [0, 0.1) is 5.41 Å². The van der Waals surface area contributed by atoms with Gasteiger partial charge in [-0.25, -0.2) is 0 Å². The zero-order valence-electron chi connectivity index (χ0n) is 9.29. The van der Waals surface area contributed by atoms with Crippen LogP contribution in [0.15, 0.2) is 18.2 Å². The second-order valence-corrected chi connectivity index (χ2v) is 4.76. The van der Waals surface area contributed by atoms with Crippen LogP contribution in [0.25, 0.3) is 0 Å². The average molecular weight is 220 g/mol. The minimum atomic E-state index is -0.221. The number of carbonyl (C=O) groups is 1. The van der Waals surface area contributed by atoms with Crippen molar-refractivity contribution < 1.29 is 9.90 Å². The summed E-state index contributed by atoms with van der Waals surface area (Å²) in [4.78, 5) is 11.8. The SMILES string of the molecule is CC1(CNC(=O)c2cc(O)ccc2N)CC1. The van der Waals surface area contributed by atoms with Crippen molar-refractivity contribution in [2.24, 2.45) is 5.41 Å². The highest BCUT2D eigenvalue weighted by molar-refractivity contribution is 5.99. The number of hydrogen-bond donors (Lipinski definition) is 3. The molecule has 0 unspecified atom stereocenters. The van der Waals surface area contributed by atoms with Crippen LogP contribution in [0.3, 0.4) is 0 Å². The molecule has 0 aromatic heterocycles. The molecule has 0 atom stereocenters. The molecule has 1 aromatic carbocycles. The van der Waals surface area contributed by atoms with Crippen molar-refractivity contribution in [2.45, 2.75) is 19.8 Å². The lowest BCUT2D eigenvalue weighted by Crippen LogP contribution is -2.29. The van der Waals surface area contributed by atoms with Crippen molar-refractivity contribution in [2.75, 3.05) is 12.3 Å². The number of phenolic OH excluding ortho intramolecular Hbond substituents is 1. The molecule has 0 spiro atoms. The van der Waals surface area contributed by atoms with E-state index in [0.29, 0.717) is 17.8 Å². The maximum Gasteiger partial charge on any atom is 0.253 e. The molecule has 4 nitrogen and oxygen atoms in total. The standard InChI is InChI=1S/C12H16N2O2/c1-12(4-5-12)7-14-11(16)9-6-8(15)2-3-10(9)13/h2-3,6,15H,4-5,7,13H2,1H3,(H,14,16). The maximum absolute atomic E-state index is 11.8. The number of amides is 1. The van der Waals surface area contributed by atoms with Crippen LogP contribution >= 0.6 is 0 Å². The normalized spacial score (nSPS) is 16.8. The number of nitrogens with one attached hydrogen (secondary N) is 1. The summed E-state index contributed by atoms with van der Waals surface area (Å²) in [6.07, 6.45) is 2.31. The Hall–Kier alpha value is -1.71. The summed E-state index contributed by atoms with van der Waals surface area (Å²) in [5, 5.41) is 12.1. The number of hydrogen-bond acceptors (Lipinski definition) is 3. The van der Waals surface area contributed by atoms with Crippen LogP contribution in [0.5, 0.6) is 5.75 Å². The first kappa shape index (κ1) is 10.8. The van der Waals surface area contributed by atoms with Gasteiger partial charge in [-0.1, -0.05) is 6.92 Å². The van der Waals surface area contributed by atoms with Crippen molar-refractivity contribution in [3.63, 3.8) is 0 Å². The van der Waals surface area contributed by atoms with Crippen LogP contribution in [-0.2, 0) is 0 Å². The van der Waals surface area contributed by atoms with Gasteiger partial charge < -0.3 is 16.2 Å². The third-order valence-electron chi connectivity index (χ3n) is 3.06. The minimum absolute atomic E-state index is 0.0528. The second kappa shape index (κ2) is 3.70. The molecule has 1 amide bonds. The fourth-order valence-corrected chi connectivity index (χ4v) is 1.52. The van der Waals surface area contributed by atoms with Crippen molar-refractivity contribution in [1.82, 2.24) is 5.32 Å². The fraction of sp³-hybridized carbons (Fsp3) is 0.417. The molecule has 1 aliphatic rings. The van der Waals surface area contributed by atoms with Gasteiger partial charge in [-0.15, -0.1) is 0 Å². The van der Waals surface area contributed by atoms with Gasteiger partial charge in [-0.2, -0.15) is 0 Å². The molecule has 86 valence electrons. The van der Waals surface area contributed by atoms with Crippen molar-refractivity contribution in [1.29, 1.82) is 0 Å². The molecular weight excluding hydrogens is 204 g/mol. The summed E-state index contributed by atoms with van der Waals surface area (Å²) in [6.45, 7) is 2.81. The van der Waals surface area contributed by atoms with E-state index < -0.39 is 0 Å². The minimum Gasteiger partial charge on any atom is -0.508 e. The predicted molar refractivity (Wildman–Crippen MR) is 62.2 cm³/mol. The highest BCUT2D eigenvalue weighted by Crippen LogP contribution is 2.44. The first-order chi connectivity index (χ1) is 7.50. The lowest BCUT2D eigenvalue weighted by atomic mass is 10.1. The number of rotatable bonds is 3. The van der Waals surface area contributed by atoms with Gasteiger partial charge in [-0.3, -0.25) is 4.79 Å². The molecule has 0 bridgehead atoms. The Kier molecular flexibility index (Phi) is 2.50. The van der Waals surface area contributed by atoms with Gasteiger partial charge in [0.1, 0.15) is 5.75 Å². The van der Waals surface area contributed by atoms with E-state index in [1.54, 1.807) is 0 Å². The Bertz CT molecular complexity index is 425. The molecule has 16 heavy (non-hydrogen) atoms. The molecule has 0 radical (unpaired) electrons. The first-order valence-corrected chi connectivity index (χ1v) is 5.37. The Balaban J connectivity index is 2.05. The Morgan fingerprint density at radius 2 is 2.25 bits per heavy atom. The predicted octanol–water partition coefficient (Wildman–Crippen LogP) is 1.50. The van der Waals surface area contributed by atoms with Gasteiger partial charge in [-0.05, 0) is 36.5 Å². The smallest absolute Gasteiger partial charge is 0.253 e. The van der Waals surface area contributed by atoms with E-state index in [1.165, 1.54) is 18.2 Å². The van der Waals surface area contributed by atoms with E-state index in [4.69, 9.17) is 5.73 Å². The Morgan fingerprint density at radius 1 is 1.56 bits per heavy atom. The van der Waals surface area contributed by atoms with E-state index in [1.807, 2.05) is 0 Å². The van der Waals surface area contributed by atoms with Gasteiger partial charge in [0.25, 0.3) is 5.91 Å². The molecule has 1 fully saturated rings.